The quantitative estimate of drug-likeness (QED) is 0.682. The van der Waals surface area contributed by atoms with E-state index in [0.29, 0.717) is 0 Å². The first-order valence-corrected chi connectivity index (χ1v) is 2.96. The number of rotatable bonds is 4. The fourth-order valence-corrected chi connectivity index (χ4v) is 0.182. The Labute approximate surface area is 104 Å². The molecule has 1 nitrogen and oxygen atoms in total. The van der Waals surface area contributed by atoms with Gasteiger partial charge in [0.1, 0.15) is 0 Å². The average Bonchev–Trinajstić information content (AvgIpc) is 2.43. The molecule has 0 heterocycles. The summed E-state index contributed by atoms with van der Waals surface area (Å²) >= 11 is 2.30. The van der Waals surface area contributed by atoms with Crippen molar-refractivity contribution in [3.8, 4) is 6.07 Å². The molecule has 0 spiro atoms. The molecule has 2 heteroatoms. The standard InChI is InChI=1S/C5H9N.C4H9Br/c1-2-3-4-5-6;1-2-3-4-5/h2-4H2,1H3;2-4H2,1H3/i2*1D3,2D2,3D2,4D2. The van der Waals surface area contributed by atoms with Gasteiger partial charge in [0.2, 0.25) is 0 Å². The molecular weight excluding hydrogens is 202 g/mol. The lowest BCUT2D eigenvalue weighted by atomic mass is 10.3. The van der Waals surface area contributed by atoms with Gasteiger partial charge in [-0.25, -0.2) is 0 Å². The summed E-state index contributed by atoms with van der Waals surface area (Å²) in [6.45, 7) is -6.57. The second-order valence-electron chi connectivity index (χ2n) is 0.831. The summed E-state index contributed by atoms with van der Waals surface area (Å²) in [5.41, 5.74) is 0. The number of halogens is 1. The molecule has 0 aliphatic carbocycles. The molecule has 11 heavy (non-hydrogen) atoms. The van der Waals surface area contributed by atoms with E-state index < -0.39 is 50.9 Å². The zero-order chi connectivity index (χ0) is 24.7. The molecule has 0 amide bonds. The van der Waals surface area contributed by atoms with Crippen molar-refractivity contribution in [2.75, 3.05) is 5.28 Å². The third kappa shape index (κ3) is 25.6. The Balaban J connectivity index is 0. The van der Waals surface area contributed by atoms with Crippen molar-refractivity contribution in [3.05, 3.63) is 0 Å². The Morgan fingerprint density at radius 3 is 2.45 bits per heavy atom. The van der Waals surface area contributed by atoms with Gasteiger partial charge >= 0.3 is 0 Å². The minimum atomic E-state index is -3.45. The Kier molecular flexibility index (Phi) is 2.25. The maximum atomic E-state index is 8.34. The summed E-state index contributed by atoms with van der Waals surface area (Å²) in [6, 6.07) is 0.928. The molecule has 0 N–H and O–H groups in total. The minimum absolute atomic E-state index is 0.928. The van der Waals surface area contributed by atoms with Gasteiger partial charge in [-0.05, 0) is 12.7 Å². The van der Waals surface area contributed by atoms with Gasteiger partial charge in [0.25, 0.3) is 0 Å². The summed E-state index contributed by atoms with van der Waals surface area (Å²) < 4.78 is 126. The van der Waals surface area contributed by atoms with E-state index in [4.69, 9.17) is 29.9 Å². The van der Waals surface area contributed by atoms with Crippen LogP contribution in [0.5, 0.6) is 0 Å². The first-order valence-electron chi connectivity index (χ1n) is 11.2. The Hall–Kier alpha value is -0.0300. The number of hydrogen-bond acceptors (Lipinski definition) is 1. The van der Waals surface area contributed by atoms with Crippen LogP contribution in [0.2, 0.25) is 0 Å². The molecule has 0 fully saturated rings. The molecule has 0 rings (SSSR count). The lowest BCUT2D eigenvalue weighted by Crippen LogP contribution is -1.64. The molecule has 0 saturated heterocycles. The van der Waals surface area contributed by atoms with Gasteiger partial charge in [-0.2, -0.15) is 5.26 Å². The zero-order valence-electron chi connectivity index (χ0n) is 23.3. The van der Waals surface area contributed by atoms with Crippen molar-refractivity contribution in [1.29, 1.82) is 5.26 Å². The lowest BCUT2D eigenvalue weighted by molar-refractivity contribution is 0.822. The van der Waals surface area contributed by atoms with Crippen LogP contribution in [0.25, 0.3) is 0 Å². The van der Waals surface area contributed by atoms with Crippen LogP contribution in [0.4, 0.5) is 0 Å². The number of alkyl halides is 1. The summed E-state index contributed by atoms with van der Waals surface area (Å²) in [7, 11) is 0. The summed E-state index contributed by atoms with van der Waals surface area (Å²) in [5, 5.41) is 5.59. The molecule has 0 atom stereocenters. The van der Waals surface area contributed by atoms with Crippen LogP contribution in [0.3, 0.4) is 0 Å². The normalized spacial score (nSPS) is 42.2. The maximum absolute atomic E-state index is 8.34. The molecule has 66 valence electrons. The number of nitrogens with zero attached hydrogens (tertiary/aromatic N) is 1. The zero-order valence-corrected chi connectivity index (χ0v) is 6.91. The summed E-state index contributed by atoms with van der Waals surface area (Å²) in [5.74, 6) is 0. The topological polar surface area (TPSA) is 23.8 Å². The summed E-state index contributed by atoms with van der Waals surface area (Å²) in [4.78, 5) is 0. The predicted molar refractivity (Wildman–Crippen MR) is 53.8 cm³/mol. The fraction of sp³-hybridized carbons (Fsp3) is 0.889. The molecule has 0 aromatic carbocycles. The largest absolute Gasteiger partial charge is 0.198 e. The monoisotopic (exact) mass is 237 g/mol. The molecule has 0 aliphatic heterocycles. The molecule has 0 aliphatic rings. The number of hydrogen-bond donors (Lipinski definition) is 0. The average molecular weight is 238 g/mol. The molecule has 0 radical (unpaired) electrons. The molecular formula is C9H18BrN. The van der Waals surface area contributed by atoms with Crippen molar-refractivity contribution in [3.63, 3.8) is 0 Å². The minimum Gasteiger partial charge on any atom is -0.198 e. The van der Waals surface area contributed by atoms with E-state index in [2.05, 4.69) is 15.9 Å². The second-order valence-corrected chi connectivity index (χ2v) is 1.23. The predicted octanol–water partition coefficient (Wildman–Crippen LogP) is 3.88. The van der Waals surface area contributed by atoms with E-state index in [0.717, 1.165) is 6.07 Å². The van der Waals surface area contributed by atoms with Gasteiger partial charge in [0.05, 0.1) is 6.07 Å². The first kappa shape index (κ1) is 1.50. The molecule has 0 saturated carbocycles. The van der Waals surface area contributed by atoms with Crippen LogP contribution in [0, 0.1) is 11.3 Å². The Bertz CT molecular complexity index is 577. The van der Waals surface area contributed by atoms with Crippen LogP contribution in [0.1, 0.15) is 70.2 Å². The Morgan fingerprint density at radius 1 is 1.45 bits per heavy atom. The van der Waals surface area contributed by atoms with Gasteiger partial charge in [-0.1, -0.05) is 42.4 Å². The van der Waals surface area contributed by atoms with E-state index in [1.165, 1.54) is 0 Å². The molecule has 0 aromatic rings. The van der Waals surface area contributed by atoms with Crippen LogP contribution >= 0.6 is 15.9 Å². The molecule has 0 unspecified atom stereocenters. The highest BCUT2D eigenvalue weighted by Crippen LogP contribution is 1.89. The highest BCUT2D eigenvalue weighted by Gasteiger charge is 1.74. The highest BCUT2D eigenvalue weighted by atomic mass is 79.9. The van der Waals surface area contributed by atoms with Crippen LogP contribution in [-0.4, -0.2) is 5.28 Å². The van der Waals surface area contributed by atoms with Crippen molar-refractivity contribution >= 4 is 15.9 Å². The first-order chi connectivity index (χ1) is 12.1. The van der Waals surface area contributed by atoms with Crippen molar-refractivity contribution in [2.45, 2.75) is 45.6 Å². The van der Waals surface area contributed by atoms with E-state index in [1.807, 2.05) is 0 Å². The van der Waals surface area contributed by atoms with Crippen molar-refractivity contribution < 1.29 is 24.7 Å². The van der Waals surface area contributed by atoms with Crippen molar-refractivity contribution in [1.82, 2.24) is 0 Å². The van der Waals surface area contributed by atoms with E-state index in [1.54, 1.807) is 0 Å². The van der Waals surface area contributed by atoms with Gasteiger partial charge in [-0.3, -0.25) is 0 Å². The summed E-state index contributed by atoms with van der Waals surface area (Å²) in [6.07, 6.45) is -16.5. The molecule has 0 aromatic heterocycles. The SMILES string of the molecule is [2H]C([2H])([2H])C([2H])([2H])C([2H])([2H])C([2H])([2H])Br.[2H]C([2H])([2H])C([2H])([2H])C([2H])([2H])C([2H])([2H])C#N. The Morgan fingerprint density at radius 2 is 2.09 bits per heavy atom. The third-order valence-electron chi connectivity index (χ3n) is 0.291. The van der Waals surface area contributed by atoms with E-state index in [9.17, 15) is 0 Å². The van der Waals surface area contributed by atoms with Gasteiger partial charge < -0.3 is 0 Å². The second kappa shape index (κ2) is 16.5. The smallest absolute Gasteiger partial charge is 0.0621 e. The van der Waals surface area contributed by atoms with Gasteiger partial charge in [0.15, 0.2) is 0 Å². The van der Waals surface area contributed by atoms with Crippen LogP contribution in [-0.2, 0) is 0 Å². The van der Waals surface area contributed by atoms with Crippen molar-refractivity contribution in [2.24, 2.45) is 0 Å². The van der Waals surface area contributed by atoms with Crippen LogP contribution in [0.15, 0.2) is 0 Å². The van der Waals surface area contributed by atoms with Gasteiger partial charge in [-0.15, -0.1) is 0 Å². The van der Waals surface area contributed by atoms with Gasteiger partial charge in [0, 0.05) is 36.3 Å². The third-order valence-corrected chi connectivity index (χ3v) is 0.489. The fourth-order valence-electron chi connectivity index (χ4n) is 0.0828. The lowest BCUT2D eigenvalue weighted by Gasteiger charge is -1.77. The van der Waals surface area contributed by atoms with Crippen LogP contribution < -0.4 is 0 Å². The number of nitriles is 1. The maximum Gasteiger partial charge on any atom is 0.0621 e. The van der Waals surface area contributed by atoms with E-state index >= 15 is 0 Å². The molecule has 0 bridgehead atoms. The van der Waals surface area contributed by atoms with E-state index in [-0.39, 0.29) is 0 Å². The highest BCUT2D eigenvalue weighted by molar-refractivity contribution is 9.09.